The van der Waals surface area contributed by atoms with Crippen molar-refractivity contribution in [2.75, 3.05) is 75.4 Å². The fourth-order valence-electron chi connectivity index (χ4n) is 3.96. The zero-order valence-corrected chi connectivity index (χ0v) is 17.4. The maximum atomic E-state index is 12.9. The summed E-state index contributed by atoms with van der Waals surface area (Å²) in [6.45, 7) is 8.18. The summed E-state index contributed by atoms with van der Waals surface area (Å²) in [6.07, 6.45) is 3.24. The summed E-state index contributed by atoms with van der Waals surface area (Å²) in [6, 6.07) is 2.05. The summed E-state index contributed by atoms with van der Waals surface area (Å²) < 4.78 is 34.1. The molecule has 156 valence electrons. The van der Waals surface area contributed by atoms with Gasteiger partial charge in [0.2, 0.25) is 5.95 Å². The molecule has 0 atom stereocenters. The molecule has 9 nitrogen and oxygen atoms in total. The molecular weight excluding hydrogens is 380 g/mol. The molecule has 3 fully saturated rings. The van der Waals surface area contributed by atoms with E-state index in [1.165, 1.54) is 17.1 Å². The number of morpholine rings is 1. The lowest BCUT2D eigenvalue weighted by Crippen LogP contribution is -2.55. The van der Waals surface area contributed by atoms with Crippen LogP contribution < -0.4 is 9.80 Å². The van der Waals surface area contributed by atoms with Crippen LogP contribution in [0.1, 0.15) is 25.5 Å². The average molecular weight is 411 g/mol. The minimum Gasteiger partial charge on any atom is -0.379 e. The first-order valence-electron chi connectivity index (χ1n) is 10.3. The van der Waals surface area contributed by atoms with Crippen molar-refractivity contribution in [2.45, 2.75) is 26.2 Å². The Hall–Kier alpha value is -1.49. The molecule has 3 aliphatic heterocycles. The molecule has 0 radical (unpaired) electrons. The molecule has 0 unspecified atom stereocenters. The van der Waals surface area contributed by atoms with Gasteiger partial charge in [0.1, 0.15) is 5.82 Å². The van der Waals surface area contributed by atoms with Crippen LogP contribution in [-0.4, -0.2) is 92.6 Å². The molecule has 0 bridgehead atoms. The van der Waals surface area contributed by atoms with E-state index in [9.17, 15) is 8.42 Å². The van der Waals surface area contributed by atoms with Gasteiger partial charge in [-0.1, -0.05) is 6.92 Å². The van der Waals surface area contributed by atoms with Gasteiger partial charge in [-0.2, -0.15) is 22.0 Å². The zero-order chi connectivity index (χ0) is 19.6. The number of ether oxygens (including phenoxy) is 1. The van der Waals surface area contributed by atoms with Crippen molar-refractivity contribution in [1.29, 1.82) is 0 Å². The second-order valence-electron chi connectivity index (χ2n) is 7.47. The largest absolute Gasteiger partial charge is 0.379 e. The van der Waals surface area contributed by atoms with Crippen LogP contribution in [-0.2, 0) is 21.4 Å². The second kappa shape index (κ2) is 8.48. The van der Waals surface area contributed by atoms with E-state index in [0.29, 0.717) is 52.5 Å². The van der Waals surface area contributed by atoms with E-state index >= 15 is 0 Å². The van der Waals surface area contributed by atoms with Gasteiger partial charge in [-0.15, -0.1) is 0 Å². The van der Waals surface area contributed by atoms with Gasteiger partial charge >= 0.3 is 0 Å². The maximum Gasteiger partial charge on any atom is 0.282 e. The first-order chi connectivity index (χ1) is 13.6. The minimum atomic E-state index is -3.41. The van der Waals surface area contributed by atoms with Crippen molar-refractivity contribution in [2.24, 2.45) is 0 Å². The Morgan fingerprint density at radius 3 is 2.18 bits per heavy atom. The topological polar surface area (TPSA) is 82.1 Å². The number of nitrogens with zero attached hydrogens (tertiary/aromatic N) is 6. The van der Waals surface area contributed by atoms with E-state index in [4.69, 9.17) is 14.7 Å². The normalized spacial score (nSPS) is 22.8. The lowest BCUT2D eigenvalue weighted by atomic mass is 10.3. The third kappa shape index (κ3) is 4.10. The van der Waals surface area contributed by atoms with Crippen LogP contribution in [0.15, 0.2) is 6.07 Å². The van der Waals surface area contributed by atoms with Crippen LogP contribution >= 0.6 is 0 Å². The van der Waals surface area contributed by atoms with Crippen molar-refractivity contribution in [3.63, 3.8) is 0 Å². The fourth-order valence-corrected chi connectivity index (χ4v) is 5.52. The van der Waals surface area contributed by atoms with E-state index in [1.807, 2.05) is 6.07 Å². The van der Waals surface area contributed by atoms with Crippen molar-refractivity contribution < 1.29 is 13.2 Å². The number of hydrogen-bond donors (Lipinski definition) is 0. The van der Waals surface area contributed by atoms with Crippen LogP contribution in [0.4, 0.5) is 11.8 Å². The fraction of sp³-hybridized carbons (Fsp3) is 0.778. The van der Waals surface area contributed by atoms with E-state index < -0.39 is 10.2 Å². The highest BCUT2D eigenvalue weighted by atomic mass is 32.2. The number of hydrogen-bond acceptors (Lipinski definition) is 7. The van der Waals surface area contributed by atoms with Crippen molar-refractivity contribution in [3.05, 3.63) is 11.8 Å². The Labute approximate surface area is 167 Å². The zero-order valence-electron chi connectivity index (χ0n) is 16.6. The minimum absolute atomic E-state index is 0.438. The van der Waals surface area contributed by atoms with Crippen LogP contribution in [0.5, 0.6) is 0 Å². The molecule has 0 spiro atoms. The Morgan fingerprint density at radius 2 is 1.54 bits per heavy atom. The molecule has 0 saturated carbocycles. The number of anilines is 2. The molecule has 4 rings (SSSR count). The van der Waals surface area contributed by atoms with Gasteiger partial charge in [0.15, 0.2) is 0 Å². The Bertz CT molecular complexity index is 770. The smallest absolute Gasteiger partial charge is 0.282 e. The summed E-state index contributed by atoms with van der Waals surface area (Å²) in [5, 5.41) is 0. The highest BCUT2D eigenvalue weighted by Gasteiger charge is 2.33. The third-order valence-electron chi connectivity index (χ3n) is 5.69. The Morgan fingerprint density at radius 1 is 0.893 bits per heavy atom. The summed E-state index contributed by atoms with van der Waals surface area (Å²) in [5.41, 5.74) is 1.04. The highest BCUT2D eigenvalue weighted by Crippen LogP contribution is 2.23. The van der Waals surface area contributed by atoms with Gasteiger partial charge in [-0.3, -0.25) is 0 Å². The maximum absolute atomic E-state index is 12.9. The molecule has 0 aromatic carbocycles. The molecule has 10 heteroatoms. The third-order valence-corrected chi connectivity index (χ3v) is 7.73. The van der Waals surface area contributed by atoms with Gasteiger partial charge in [-0.05, 0) is 19.3 Å². The van der Waals surface area contributed by atoms with Crippen LogP contribution in [0.3, 0.4) is 0 Å². The van der Waals surface area contributed by atoms with Gasteiger partial charge in [0, 0.05) is 64.1 Å². The predicted molar refractivity (Wildman–Crippen MR) is 108 cm³/mol. The molecule has 4 heterocycles. The van der Waals surface area contributed by atoms with E-state index in [1.54, 1.807) is 4.31 Å². The molecular formula is C18H30N6O3S. The molecule has 3 aliphatic rings. The highest BCUT2D eigenvalue weighted by molar-refractivity contribution is 7.86. The SMILES string of the molecule is CCc1cc(N2CCN(S(=O)(=O)N3CCOCC3)CC2)nc(N2CCCC2)n1. The van der Waals surface area contributed by atoms with E-state index in [2.05, 4.69) is 16.7 Å². The average Bonchev–Trinajstić information content (AvgIpc) is 3.29. The number of piperazine rings is 1. The van der Waals surface area contributed by atoms with Gasteiger partial charge in [0.25, 0.3) is 10.2 Å². The van der Waals surface area contributed by atoms with E-state index in [0.717, 1.165) is 37.0 Å². The van der Waals surface area contributed by atoms with Crippen molar-refractivity contribution in [3.8, 4) is 0 Å². The lowest BCUT2D eigenvalue weighted by Gasteiger charge is -2.38. The summed E-state index contributed by atoms with van der Waals surface area (Å²) in [4.78, 5) is 14.0. The predicted octanol–water partition coefficient (Wildman–Crippen LogP) is 0.338. The lowest BCUT2D eigenvalue weighted by molar-refractivity contribution is 0.0700. The van der Waals surface area contributed by atoms with Gasteiger partial charge in [0.05, 0.1) is 13.2 Å². The molecule has 28 heavy (non-hydrogen) atoms. The first kappa shape index (κ1) is 19.8. The van der Waals surface area contributed by atoms with Crippen LogP contribution in [0.2, 0.25) is 0 Å². The van der Waals surface area contributed by atoms with Crippen LogP contribution in [0.25, 0.3) is 0 Å². The Balaban J connectivity index is 1.45. The number of aryl methyl sites for hydroxylation is 1. The number of rotatable bonds is 5. The molecule has 0 amide bonds. The summed E-state index contributed by atoms with van der Waals surface area (Å²) >= 11 is 0. The molecule has 1 aromatic heterocycles. The molecule has 0 aliphatic carbocycles. The van der Waals surface area contributed by atoms with Crippen molar-refractivity contribution in [1.82, 2.24) is 18.6 Å². The quantitative estimate of drug-likeness (QED) is 0.692. The van der Waals surface area contributed by atoms with E-state index in [-0.39, 0.29) is 0 Å². The van der Waals surface area contributed by atoms with Gasteiger partial charge < -0.3 is 14.5 Å². The molecule has 1 aromatic rings. The van der Waals surface area contributed by atoms with Gasteiger partial charge in [-0.25, -0.2) is 4.98 Å². The summed E-state index contributed by atoms with van der Waals surface area (Å²) in [5.74, 6) is 1.73. The number of aromatic nitrogens is 2. The summed E-state index contributed by atoms with van der Waals surface area (Å²) in [7, 11) is -3.41. The first-order valence-corrected chi connectivity index (χ1v) is 11.7. The van der Waals surface area contributed by atoms with Crippen LogP contribution in [0, 0.1) is 0 Å². The monoisotopic (exact) mass is 410 g/mol. The second-order valence-corrected chi connectivity index (χ2v) is 9.40. The van der Waals surface area contributed by atoms with Crippen molar-refractivity contribution >= 4 is 22.0 Å². The molecule has 3 saturated heterocycles. The molecule has 0 N–H and O–H groups in total. The standard InChI is InChI=1S/C18H30N6O3S/c1-2-16-15-17(20-18(19-16)22-5-3-4-6-22)21-7-9-23(10-8-21)28(25,26)24-11-13-27-14-12-24/h15H,2-14H2,1H3. The Kier molecular flexibility index (Phi) is 6.00.